The molecular formula is C13H22N2O2. The highest BCUT2D eigenvalue weighted by atomic mass is 16.7. The van der Waals surface area contributed by atoms with Crippen LogP contribution in [-0.2, 0) is 15.9 Å². The molecule has 4 nitrogen and oxygen atoms in total. The molecule has 17 heavy (non-hydrogen) atoms. The minimum atomic E-state index is -0.247. The van der Waals surface area contributed by atoms with Crippen LogP contribution in [0.4, 0.5) is 0 Å². The van der Waals surface area contributed by atoms with Gasteiger partial charge in [0.05, 0.1) is 6.04 Å². The topological polar surface area (TPSA) is 43.4 Å². The summed E-state index contributed by atoms with van der Waals surface area (Å²) >= 11 is 0. The molecule has 4 heteroatoms. The van der Waals surface area contributed by atoms with Crippen molar-refractivity contribution in [3.05, 3.63) is 30.1 Å². The first-order valence-corrected chi connectivity index (χ1v) is 6.00. The van der Waals surface area contributed by atoms with E-state index in [2.05, 4.69) is 17.2 Å². The summed E-state index contributed by atoms with van der Waals surface area (Å²) in [5.41, 5.74) is 1.04. The standard InChI is InChI=1S/C13H22N2O2/c1-4-8-15-12(13(16-2)17-3)10-11-7-5-6-9-14-11/h5-7,9,12-13,15H,4,8,10H2,1-3H3. The van der Waals surface area contributed by atoms with E-state index in [1.54, 1.807) is 20.4 Å². The van der Waals surface area contributed by atoms with Crippen molar-refractivity contribution in [2.24, 2.45) is 0 Å². The Morgan fingerprint density at radius 3 is 2.59 bits per heavy atom. The van der Waals surface area contributed by atoms with E-state index in [4.69, 9.17) is 9.47 Å². The second kappa shape index (κ2) is 8.17. The Morgan fingerprint density at radius 2 is 2.06 bits per heavy atom. The largest absolute Gasteiger partial charge is 0.354 e. The van der Waals surface area contributed by atoms with Gasteiger partial charge in [-0.05, 0) is 25.1 Å². The molecule has 1 heterocycles. The van der Waals surface area contributed by atoms with Crippen LogP contribution in [-0.4, -0.2) is 38.1 Å². The van der Waals surface area contributed by atoms with Gasteiger partial charge in [0.2, 0.25) is 0 Å². The lowest BCUT2D eigenvalue weighted by atomic mass is 10.1. The molecule has 0 spiro atoms. The Morgan fingerprint density at radius 1 is 1.29 bits per heavy atom. The van der Waals surface area contributed by atoms with Crippen LogP contribution in [0.15, 0.2) is 24.4 Å². The minimum Gasteiger partial charge on any atom is -0.354 e. The van der Waals surface area contributed by atoms with Crippen molar-refractivity contribution in [3.8, 4) is 0 Å². The van der Waals surface area contributed by atoms with E-state index in [9.17, 15) is 0 Å². The highest BCUT2D eigenvalue weighted by Gasteiger charge is 2.20. The zero-order valence-corrected chi connectivity index (χ0v) is 10.8. The molecule has 1 atom stereocenters. The lowest BCUT2D eigenvalue weighted by Gasteiger charge is -2.25. The van der Waals surface area contributed by atoms with E-state index in [1.165, 1.54) is 0 Å². The Kier molecular flexibility index (Phi) is 6.77. The van der Waals surface area contributed by atoms with E-state index < -0.39 is 0 Å². The van der Waals surface area contributed by atoms with Crippen LogP contribution < -0.4 is 5.32 Å². The SMILES string of the molecule is CCCNC(Cc1ccccn1)C(OC)OC. The number of methoxy groups -OCH3 is 2. The van der Waals surface area contributed by atoms with Gasteiger partial charge in [0.1, 0.15) is 0 Å². The Bertz CT molecular complexity index is 289. The number of pyridine rings is 1. The van der Waals surface area contributed by atoms with Crippen LogP contribution in [0.5, 0.6) is 0 Å². The van der Waals surface area contributed by atoms with Crippen LogP contribution >= 0.6 is 0 Å². The van der Waals surface area contributed by atoms with Crippen molar-refractivity contribution < 1.29 is 9.47 Å². The summed E-state index contributed by atoms with van der Waals surface area (Å²) in [5.74, 6) is 0. The molecule has 0 saturated heterocycles. The number of nitrogens with zero attached hydrogens (tertiary/aromatic N) is 1. The van der Waals surface area contributed by atoms with Crippen molar-refractivity contribution in [1.29, 1.82) is 0 Å². The van der Waals surface area contributed by atoms with E-state index >= 15 is 0 Å². The van der Waals surface area contributed by atoms with Gasteiger partial charge in [0, 0.05) is 32.5 Å². The first-order chi connectivity index (χ1) is 8.31. The molecule has 0 aliphatic heterocycles. The van der Waals surface area contributed by atoms with Gasteiger partial charge in [-0.2, -0.15) is 0 Å². The normalized spacial score (nSPS) is 12.9. The third kappa shape index (κ3) is 4.81. The molecule has 0 radical (unpaired) electrons. The number of hydrogen-bond acceptors (Lipinski definition) is 4. The number of ether oxygens (including phenoxy) is 2. The maximum Gasteiger partial charge on any atom is 0.172 e. The molecule has 1 N–H and O–H groups in total. The monoisotopic (exact) mass is 238 g/mol. The van der Waals surface area contributed by atoms with Crippen LogP contribution in [0.25, 0.3) is 0 Å². The van der Waals surface area contributed by atoms with Gasteiger partial charge in [0.25, 0.3) is 0 Å². The fourth-order valence-electron chi connectivity index (χ4n) is 1.76. The molecule has 0 saturated carbocycles. The molecule has 1 unspecified atom stereocenters. The minimum absolute atomic E-state index is 0.125. The van der Waals surface area contributed by atoms with Crippen molar-refractivity contribution >= 4 is 0 Å². The molecule has 96 valence electrons. The number of rotatable bonds is 8. The summed E-state index contributed by atoms with van der Waals surface area (Å²) < 4.78 is 10.6. The lowest BCUT2D eigenvalue weighted by molar-refractivity contribution is -0.122. The van der Waals surface area contributed by atoms with Crippen LogP contribution in [0.2, 0.25) is 0 Å². The van der Waals surface area contributed by atoms with E-state index in [0.29, 0.717) is 0 Å². The van der Waals surface area contributed by atoms with Crippen molar-refractivity contribution in [2.75, 3.05) is 20.8 Å². The second-order valence-electron chi connectivity index (χ2n) is 3.93. The fraction of sp³-hybridized carbons (Fsp3) is 0.615. The predicted octanol–water partition coefficient (Wildman–Crippen LogP) is 1.61. The number of nitrogens with one attached hydrogen (secondary N) is 1. The summed E-state index contributed by atoms with van der Waals surface area (Å²) in [4.78, 5) is 4.33. The molecule has 0 amide bonds. The predicted molar refractivity (Wildman–Crippen MR) is 67.8 cm³/mol. The quantitative estimate of drug-likeness (QED) is 0.699. The van der Waals surface area contributed by atoms with Crippen LogP contribution in [0, 0.1) is 0 Å². The summed E-state index contributed by atoms with van der Waals surface area (Å²) in [6, 6.07) is 6.05. The fourth-order valence-corrected chi connectivity index (χ4v) is 1.76. The molecular weight excluding hydrogens is 216 g/mol. The van der Waals surface area contributed by atoms with Gasteiger partial charge in [0.15, 0.2) is 6.29 Å². The Labute approximate surface area is 103 Å². The molecule has 0 aliphatic carbocycles. The van der Waals surface area contributed by atoms with Gasteiger partial charge in [-0.1, -0.05) is 13.0 Å². The van der Waals surface area contributed by atoms with Gasteiger partial charge >= 0.3 is 0 Å². The van der Waals surface area contributed by atoms with Gasteiger partial charge < -0.3 is 14.8 Å². The highest BCUT2D eigenvalue weighted by Crippen LogP contribution is 2.07. The van der Waals surface area contributed by atoms with Crippen molar-refractivity contribution in [1.82, 2.24) is 10.3 Å². The van der Waals surface area contributed by atoms with Crippen LogP contribution in [0.3, 0.4) is 0 Å². The van der Waals surface area contributed by atoms with Crippen molar-refractivity contribution in [2.45, 2.75) is 32.1 Å². The molecule has 0 bridgehead atoms. The molecule has 1 aromatic rings. The maximum atomic E-state index is 5.32. The van der Waals surface area contributed by atoms with Gasteiger partial charge in [-0.3, -0.25) is 4.98 Å². The third-order valence-electron chi connectivity index (χ3n) is 2.60. The maximum absolute atomic E-state index is 5.32. The van der Waals surface area contributed by atoms with Crippen LogP contribution in [0.1, 0.15) is 19.0 Å². The average Bonchev–Trinajstić information content (AvgIpc) is 2.38. The molecule has 0 aliphatic rings. The van der Waals surface area contributed by atoms with Crippen molar-refractivity contribution in [3.63, 3.8) is 0 Å². The first kappa shape index (κ1) is 14.1. The zero-order chi connectivity index (χ0) is 12.5. The smallest absolute Gasteiger partial charge is 0.172 e. The lowest BCUT2D eigenvalue weighted by Crippen LogP contribution is -2.44. The first-order valence-electron chi connectivity index (χ1n) is 6.00. The molecule has 0 fully saturated rings. The zero-order valence-electron chi connectivity index (χ0n) is 10.8. The Balaban J connectivity index is 2.62. The third-order valence-corrected chi connectivity index (χ3v) is 2.60. The summed E-state index contributed by atoms with van der Waals surface area (Å²) in [6.45, 7) is 3.08. The highest BCUT2D eigenvalue weighted by molar-refractivity contribution is 5.05. The number of aromatic nitrogens is 1. The summed E-state index contributed by atoms with van der Waals surface area (Å²) in [7, 11) is 3.32. The second-order valence-corrected chi connectivity index (χ2v) is 3.93. The summed E-state index contributed by atoms with van der Waals surface area (Å²) in [6.07, 6.45) is 3.44. The molecule has 1 rings (SSSR count). The van der Waals surface area contributed by atoms with E-state index in [0.717, 1.165) is 25.1 Å². The average molecular weight is 238 g/mol. The van der Waals surface area contributed by atoms with E-state index in [-0.39, 0.29) is 12.3 Å². The molecule has 1 aromatic heterocycles. The van der Waals surface area contributed by atoms with E-state index in [1.807, 2.05) is 18.2 Å². The van der Waals surface area contributed by atoms with Gasteiger partial charge in [-0.15, -0.1) is 0 Å². The number of hydrogen-bond donors (Lipinski definition) is 1. The Hall–Kier alpha value is -0.970. The summed E-state index contributed by atoms with van der Waals surface area (Å²) in [5, 5.41) is 3.43. The van der Waals surface area contributed by atoms with Gasteiger partial charge in [-0.25, -0.2) is 0 Å². The molecule has 0 aromatic carbocycles.